The summed E-state index contributed by atoms with van der Waals surface area (Å²) in [5.41, 5.74) is 1.95. The number of rotatable bonds is 8. The van der Waals surface area contributed by atoms with Gasteiger partial charge in [0.25, 0.3) is 5.91 Å². The topological polar surface area (TPSA) is 96.5 Å². The minimum absolute atomic E-state index is 0.0873. The number of hydrogen-bond donors (Lipinski definition) is 3. The van der Waals surface area contributed by atoms with Crippen LogP contribution in [0.15, 0.2) is 18.2 Å². The van der Waals surface area contributed by atoms with E-state index in [1.807, 2.05) is 19.9 Å². The molecule has 3 N–H and O–H groups in total. The van der Waals surface area contributed by atoms with Gasteiger partial charge in [0.05, 0.1) is 18.5 Å². The predicted molar refractivity (Wildman–Crippen MR) is 100 cm³/mol. The molecule has 0 saturated carbocycles. The number of anilines is 2. The van der Waals surface area contributed by atoms with Crippen molar-refractivity contribution in [2.45, 2.75) is 45.6 Å². The van der Waals surface area contributed by atoms with Crippen LogP contribution in [0.1, 0.15) is 49.9 Å². The summed E-state index contributed by atoms with van der Waals surface area (Å²) < 4.78 is 4.58. The quantitative estimate of drug-likeness (QED) is 0.488. The fourth-order valence-electron chi connectivity index (χ4n) is 2.80. The normalized spacial score (nSPS) is 15.7. The van der Waals surface area contributed by atoms with Crippen LogP contribution in [0.3, 0.4) is 0 Å². The van der Waals surface area contributed by atoms with Crippen LogP contribution in [0, 0.1) is 5.92 Å². The van der Waals surface area contributed by atoms with Gasteiger partial charge in [0.1, 0.15) is 6.04 Å². The molecule has 7 nitrogen and oxygen atoms in total. The van der Waals surface area contributed by atoms with Crippen LogP contribution in [0.5, 0.6) is 0 Å². The molecule has 1 aliphatic rings. The van der Waals surface area contributed by atoms with Gasteiger partial charge in [-0.2, -0.15) is 0 Å². The second kappa shape index (κ2) is 9.22. The molecule has 1 unspecified atom stereocenters. The third kappa shape index (κ3) is 5.21. The summed E-state index contributed by atoms with van der Waals surface area (Å²) in [5.74, 6) is -0.305. The number of benzene rings is 1. The molecular weight excluding hydrogens is 334 g/mol. The van der Waals surface area contributed by atoms with Crippen LogP contribution < -0.4 is 16.0 Å². The summed E-state index contributed by atoms with van der Waals surface area (Å²) in [6.45, 7) is 4.50. The number of fused-ring (bicyclic) bond motifs is 1. The van der Waals surface area contributed by atoms with E-state index >= 15 is 0 Å². The first-order valence-corrected chi connectivity index (χ1v) is 8.99. The second-order valence-electron chi connectivity index (χ2n) is 6.76. The highest BCUT2D eigenvalue weighted by molar-refractivity contribution is 6.05. The number of amides is 2. The zero-order chi connectivity index (χ0) is 19.1. The van der Waals surface area contributed by atoms with Crippen LogP contribution in [0.25, 0.3) is 0 Å². The molecule has 1 aromatic rings. The van der Waals surface area contributed by atoms with Crippen molar-refractivity contribution in [3.63, 3.8) is 0 Å². The summed E-state index contributed by atoms with van der Waals surface area (Å²) in [6.07, 6.45) is 2.79. The average Bonchev–Trinajstić information content (AvgIpc) is 2.62. The van der Waals surface area contributed by atoms with Crippen molar-refractivity contribution in [3.05, 3.63) is 23.8 Å². The molecule has 0 bridgehead atoms. The van der Waals surface area contributed by atoms with E-state index in [2.05, 4.69) is 20.7 Å². The standard InChI is InChI=1S/C19H27N3O4/c1-12(2)17-19(25)22-15-11-13(8-9-14(15)21-17)18(24)20-10-6-4-5-7-16(23)26-3/h8-9,11-12,17,21H,4-7,10H2,1-3H3,(H,20,24)(H,22,25). The molecule has 1 heterocycles. The van der Waals surface area contributed by atoms with Crippen LogP contribution >= 0.6 is 0 Å². The second-order valence-corrected chi connectivity index (χ2v) is 6.76. The van der Waals surface area contributed by atoms with Gasteiger partial charge < -0.3 is 20.7 Å². The molecule has 0 aromatic heterocycles. The minimum atomic E-state index is -0.271. The average molecular weight is 361 g/mol. The Morgan fingerprint density at radius 1 is 1.19 bits per heavy atom. The first-order valence-electron chi connectivity index (χ1n) is 8.99. The van der Waals surface area contributed by atoms with E-state index in [1.54, 1.807) is 12.1 Å². The first kappa shape index (κ1) is 19.8. The van der Waals surface area contributed by atoms with Gasteiger partial charge >= 0.3 is 5.97 Å². The number of nitrogens with one attached hydrogen (secondary N) is 3. The fraction of sp³-hybridized carbons (Fsp3) is 0.526. The number of esters is 1. The Morgan fingerprint density at radius 2 is 1.96 bits per heavy atom. The molecule has 1 aromatic carbocycles. The first-order chi connectivity index (χ1) is 12.4. The molecule has 1 atom stereocenters. The molecule has 1 aliphatic heterocycles. The lowest BCUT2D eigenvalue weighted by atomic mass is 9.99. The van der Waals surface area contributed by atoms with E-state index in [4.69, 9.17) is 0 Å². The van der Waals surface area contributed by atoms with Crippen LogP contribution in [-0.2, 0) is 14.3 Å². The maximum Gasteiger partial charge on any atom is 0.305 e. The number of carbonyl (C=O) groups excluding carboxylic acids is 3. The highest BCUT2D eigenvalue weighted by Gasteiger charge is 2.28. The lowest BCUT2D eigenvalue weighted by Gasteiger charge is -2.29. The Balaban J connectivity index is 1.83. The molecule has 0 aliphatic carbocycles. The van der Waals surface area contributed by atoms with Crippen LogP contribution in [0.2, 0.25) is 0 Å². The maximum atomic E-state index is 12.3. The molecule has 0 spiro atoms. The predicted octanol–water partition coefficient (Wildman–Crippen LogP) is 2.54. The fourth-order valence-corrected chi connectivity index (χ4v) is 2.80. The van der Waals surface area contributed by atoms with Crippen molar-refractivity contribution < 1.29 is 19.1 Å². The van der Waals surface area contributed by atoms with E-state index in [9.17, 15) is 14.4 Å². The number of hydrogen-bond acceptors (Lipinski definition) is 5. The monoisotopic (exact) mass is 361 g/mol. The Morgan fingerprint density at radius 3 is 2.65 bits per heavy atom. The Labute approximate surface area is 153 Å². The van der Waals surface area contributed by atoms with Gasteiger partial charge in [-0.3, -0.25) is 14.4 Å². The molecule has 2 rings (SSSR count). The van der Waals surface area contributed by atoms with E-state index < -0.39 is 0 Å². The van der Waals surface area contributed by atoms with Crippen LogP contribution in [0.4, 0.5) is 11.4 Å². The molecule has 142 valence electrons. The maximum absolute atomic E-state index is 12.3. The third-order valence-corrected chi connectivity index (χ3v) is 4.37. The highest BCUT2D eigenvalue weighted by Crippen LogP contribution is 2.29. The van der Waals surface area contributed by atoms with Gasteiger partial charge in [-0.1, -0.05) is 20.3 Å². The van der Waals surface area contributed by atoms with Gasteiger partial charge in [0, 0.05) is 18.5 Å². The number of methoxy groups -OCH3 is 1. The van der Waals surface area contributed by atoms with Crippen molar-refractivity contribution in [2.24, 2.45) is 5.92 Å². The Hall–Kier alpha value is -2.57. The van der Waals surface area contributed by atoms with Gasteiger partial charge in [-0.15, -0.1) is 0 Å². The van der Waals surface area contributed by atoms with Gasteiger partial charge in [0.2, 0.25) is 5.91 Å². The zero-order valence-corrected chi connectivity index (χ0v) is 15.6. The van der Waals surface area contributed by atoms with Gasteiger partial charge in [-0.05, 0) is 37.0 Å². The van der Waals surface area contributed by atoms with Gasteiger partial charge in [-0.25, -0.2) is 0 Å². The lowest BCUT2D eigenvalue weighted by Crippen LogP contribution is -2.42. The Kier molecular flexibility index (Phi) is 7.00. The van der Waals surface area contributed by atoms with Crippen molar-refractivity contribution >= 4 is 29.2 Å². The summed E-state index contributed by atoms with van der Waals surface area (Å²) in [5, 5.41) is 8.93. The summed E-state index contributed by atoms with van der Waals surface area (Å²) in [7, 11) is 1.38. The molecule has 7 heteroatoms. The van der Waals surface area contributed by atoms with E-state index in [1.165, 1.54) is 7.11 Å². The number of unbranched alkanes of at least 4 members (excludes halogenated alkanes) is 2. The molecule has 0 saturated heterocycles. The van der Waals surface area contributed by atoms with Crippen molar-refractivity contribution in [3.8, 4) is 0 Å². The van der Waals surface area contributed by atoms with E-state index in [-0.39, 0.29) is 29.7 Å². The minimum Gasteiger partial charge on any atom is -0.469 e. The molecule has 2 amide bonds. The molecular formula is C19H27N3O4. The molecule has 26 heavy (non-hydrogen) atoms. The van der Waals surface area contributed by atoms with Crippen molar-refractivity contribution in [2.75, 3.05) is 24.3 Å². The van der Waals surface area contributed by atoms with Crippen LogP contribution in [-0.4, -0.2) is 37.5 Å². The lowest BCUT2D eigenvalue weighted by molar-refractivity contribution is -0.140. The number of carbonyl (C=O) groups is 3. The van der Waals surface area contributed by atoms with Gasteiger partial charge in [0.15, 0.2) is 0 Å². The third-order valence-electron chi connectivity index (χ3n) is 4.37. The summed E-state index contributed by atoms with van der Waals surface area (Å²) >= 11 is 0. The smallest absolute Gasteiger partial charge is 0.305 e. The highest BCUT2D eigenvalue weighted by atomic mass is 16.5. The van der Waals surface area contributed by atoms with Crippen molar-refractivity contribution in [1.82, 2.24) is 5.32 Å². The largest absolute Gasteiger partial charge is 0.469 e. The van der Waals surface area contributed by atoms with E-state index in [0.717, 1.165) is 24.9 Å². The van der Waals surface area contributed by atoms with Crippen molar-refractivity contribution in [1.29, 1.82) is 0 Å². The SMILES string of the molecule is COC(=O)CCCCCNC(=O)c1ccc2c(c1)NC(=O)C(C(C)C)N2. The summed E-state index contributed by atoms with van der Waals surface area (Å²) in [4.78, 5) is 35.4. The number of ether oxygens (including phenoxy) is 1. The van der Waals surface area contributed by atoms with E-state index in [0.29, 0.717) is 24.2 Å². The summed E-state index contributed by atoms with van der Waals surface area (Å²) in [6, 6.07) is 4.97. The molecule has 0 radical (unpaired) electrons. The Bertz CT molecular complexity index is 673. The molecule has 0 fully saturated rings. The zero-order valence-electron chi connectivity index (χ0n) is 15.6.